The molecule has 1 aliphatic rings. The number of nitrogens with zero attached hydrogens (tertiary/aromatic N) is 1. The van der Waals surface area contributed by atoms with E-state index >= 15 is 0 Å². The minimum Gasteiger partial charge on any atom is -0.300 e. The zero-order valence-corrected chi connectivity index (χ0v) is 15.1. The molecule has 126 valence electrons. The Morgan fingerprint density at radius 1 is 1.40 bits per heavy atom. The topological polar surface area (TPSA) is 36.7 Å². The Bertz CT molecular complexity index is 1150. The lowest BCUT2D eigenvalue weighted by Gasteiger charge is -2.08. The van der Waals surface area contributed by atoms with Crippen LogP contribution in [0.15, 0.2) is 54.7 Å². The third kappa shape index (κ3) is 3.05. The van der Waals surface area contributed by atoms with Crippen LogP contribution in [0.5, 0.6) is 0 Å². The van der Waals surface area contributed by atoms with Gasteiger partial charge in [-0.25, -0.2) is 0 Å². The van der Waals surface area contributed by atoms with Crippen LogP contribution in [0, 0.1) is 18.2 Å². The molecular formula is C22H22N2S. The third-order valence-corrected chi connectivity index (χ3v) is 5.89. The zero-order chi connectivity index (χ0) is 20.1. The van der Waals surface area contributed by atoms with Gasteiger partial charge in [-0.05, 0) is 43.3 Å². The summed E-state index contributed by atoms with van der Waals surface area (Å²) in [6.45, 7) is 5.96. The molecule has 2 heterocycles. The highest BCUT2D eigenvalue weighted by Crippen LogP contribution is 2.35. The number of thiophene rings is 1. The minimum atomic E-state index is -0.866. The summed E-state index contributed by atoms with van der Waals surface area (Å²) < 4.78 is 27.4. The molecule has 4 rings (SSSR count). The predicted octanol–water partition coefficient (Wildman–Crippen LogP) is 6.43. The fourth-order valence-corrected chi connectivity index (χ4v) is 4.64. The first-order chi connectivity index (χ1) is 13.3. The highest BCUT2D eigenvalue weighted by molar-refractivity contribution is 7.26. The van der Waals surface area contributed by atoms with Crippen molar-refractivity contribution in [3.8, 4) is 0 Å². The Kier molecular flexibility index (Phi) is 3.42. The standard InChI is InChI=1S/C22H22N2S/c1-14-12-20-21(24-13-14)18-9-5-8-17(22(18)25-20)19(23)11-10-15(2)16-6-3-4-7-16/h5,8-13,16,23H,2-4,6-7H2,1H3/b11-10-,23-19?/i10D,11D,16D. The van der Waals surface area contributed by atoms with E-state index in [1.54, 1.807) is 11.3 Å². The second kappa shape index (κ2) is 6.57. The lowest BCUT2D eigenvalue weighted by Crippen LogP contribution is -1.98. The molecule has 1 aliphatic carbocycles. The summed E-state index contributed by atoms with van der Waals surface area (Å²) in [6, 6.07) is 7.50. The van der Waals surface area contributed by atoms with Gasteiger partial charge < -0.3 is 5.41 Å². The number of pyridine rings is 1. The number of benzene rings is 1. The molecule has 0 bridgehead atoms. The van der Waals surface area contributed by atoms with Crippen LogP contribution in [0.2, 0.25) is 0 Å². The van der Waals surface area contributed by atoms with Crippen molar-refractivity contribution in [3.63, 3.8) is 0 Å². The van der Waals surface area contributed by atoms with Gasteiger partial charge in [0.05, 0.1) is 18.7 Å². The number of aromatic nitrogens is 1. The van der Waals surface area contributed by atoms with E-state index in [-0.39, 0.29) is 17.8 Å². The van der Waals surface area contributed by atoms with Crippen molar-refractivity contribution in [1.29, 1.82) is 5.41 Å². The summed E-state index contributed by atoms with van der Waals surface area (Å²) >= 11 is 1.56. The number of aryl methyl sites for hydroxylation is 1. The highest BCUT2D eigenvalue weighted by atomic mass is 32.1. The first-order valence-corrected chi connectivity index (χ1v) is 9.38. The minimum absolute atomic E-state index is 0.00150. The van der Waals surface area contributed by atoms with Crippen LogP contribution in [0.25, 0.3) is 20.3 Å². The van der Waals surface area contributed by atoms with Gasteiger partial charge >= 0.3 is 0 Å². The van der Waals surface area contributed by atoms with Crippen LogP contribution < -0.4 is 0 Å². The van der Waals surface area contributed by atoms with Gasteiger partial charge in [0, 0.05) is 23.2 Å². The van der Waals surface area contributed by atoms with E-state index in [0.29, 0.717) is 24.0 Å². The molecular weight excluding hydrogens is 324 g/mol. The molecule has 0 spiro atoms. The van der Waals surface area contributed by atoms with E-state index in [1.165, 1.54) is 0 Å². The van der Waals surface area contributed by atoms with Crippen molar-refractivity contribution in [2.45, 2.75) is 32.6 Å². The average molecular weight is 350 g/mol. The third-order valence-electron chi connectivity index (χ3n) is 4.71. The van der Waals surface area contributed by atoms with Crippen molar-refractivity contribution in [3.05, 3.63) is 65.8 Å². The number of nitrogens with one attached hydrogen (secondary N) is 1. The fraction of sp³-hybridized carbons (Fsp3) is 0.273. The molecule has 0 amide bonds. The van der Waals surface area contributed by atoms with Gasteiger partial charge in [-0.15, -0.1) is 11.3 Å². The van der Waals surface area contributed by atoms with E-state index < -0.39 is 5.89 Å². The molecule has 0 atom stereocenters. The van der Waals surface area contributed by atoms with E-state index in [1.807, 2.05) is 31.3 Å². The highest BCUT2D eigenvalue weighted by Gasteiger charge is 2.16. The van der Waals surface area contributed by atoms with Crippen molar-refractivity contribution in [2.24, 2.45) is 5.89 Å². The molecule has 1 fully saturated rings. The summed E-state index contributed by atoms with van der Waals surface area (Å²) in [5, 5.41) is 9.58. The Morgan fingerprint density at radius 2 is 2.20 bits per heavy atom. The quantitative estimate of drug-likeness (QED) is 0.428. The molecule has 2 nitrogen and oxygen atoms in total. The van der Waals surface area contributed by atoms with E-state index in [2.05, 4.69) is 17.6 Å². The number of hydrogen-bond acceptors (Lipinski definition) is 3. The monoisotopic (exact) mass is 349 g/mol. The Hall–Kier alpha value is -2.26. The average Bonchev–Trinajstić information content (AvgIpc) is 3.29. The van der Waals surface area contributed by atoms with Gasteiger partial charge in [-0.2, -0.15) is 0 Å². The first-order valence-electron chi connectivity index (χ1n) is 10.1. The smallest absolute Gasteiger partial charge is 0.0888 e. The van der Waals surface area contributed by atoms with Crippen molar-refractivity contribution in [1.82, 2.24) is 4.98 Å². The Labute approximate surface area is 156 Å². The van der Waals surface area contributed by atoms with E-state index in [0.717, 1.165) is 38.7 Å². The molecule has 0 saturated heterocycles. The lowest BCUT2D eigenvalue weighted by atomic mass is 9.97. The largest absolute Gasteiger partial charge is 0.300 e. The van der Waals surface area contributed by atoms with Crippen LogP contribution in [-0.4, -0.2) is 10.7 Å². The SMILES string of the molecule is [2H]/C(C(=C)C1([2H])CCCC1)=C(\[2H])C(=N)c1cccc2c1sc1cc(C)cnc12. The molecule has 0 unspecified atom stereocenters. The molecule has 1 N–H and O–H groups in total. The number of fused-ring (bicyclic) bond motifs is 3. The molecule has 1 aromatic carbocycles. The Balaban J connectivity index is 1.80. The summed E-state index contributed by atoms with van der Waals surface area (Å²) in [5.41, 5.74) is 2.98. The van der Waals surface area contributed by atoms with Crippen LogP contribution >= 0.6 is 11.3 Å². The van der Waals surface area contributed by atoms with Crippen molar-refractivity contribution in [2.75, 3.05) is 0 Å². The maximum Gasteiger partial charge on any atom is 0.0888 e. The fourth-order valence-electron chi connectivity index (χ4n) is 3.36. The zero-order valence-electron chi connectivity index (χ0n) is 17.3. The van der Waals surface area contributed by atoms with Crippen molar-refractivity contribution < 1.29 is 4.11 Å². The lowest BCUT2D eigenvalue weighted by molar-refractivity contribution is 0.660. The summed E-state index contributed by atoms with van der Waals surface area (Å²) in [4.78, 5) is 4.54. The second-order valence-electron chi connectivity index (χ2n) is 6.56. The normalized spacial score (nSPS) is 19.3. The number of allylic oxidation sites excluding steroid dienone is 3. The van der Waals surface area contributed by atoms with Gasteiger partial charge in [0.15, 0.2) is 0 Å². The number of hydrogen-bond donors (Lipinski definition) is 1. The van der Waals surface area contributed by atoms with Crippen LogP contribution in [0.4, 0.5) is 0 Å². The van der Waals surface area contributed by atoms with Crippen LogP contribution in [0.3, 0.4) is 0 Å². The molecule has 0 radical (unpaired) electrons. The van der Waals surface area contributed by atoms with Gasteiger partial charge in [0.25, 0.3) is 0 Å². The van der Waals surface area contributed by atoms with E-state index in [4.69, 9.17) is 9.52 Å². The van der Waals surface area contributed by atoms with Gasteiger partial charge in [0.1, 0.15) is 0 Å². The summed E-state index contributed by atoms with van der Waals surface area (Å²) in [6.07, 6.45) is 5.09. The van der Waals surface area contributed by atoms with Gasteiger partial charge in [0.2, 0.25) is 0 Å². The molecule has 3 aromatic rings. The summed E-state index contributed by atoms with van der Waals surface area (Å²) in [7, 11) is 0. The molecule has 0 aliphatic heterocycles. The second-order valence-corrected chi connectivity index (χ2v) is 7.61. The Morgan fingerprint density at radius 3 is 3.00 bits per heavy atom. The first kappa shape index (κ1) is 13.0. The van der Waals surface area contributed by atoms with Gasteiger partial charge in [-0.1, -0.05) is 49.2 Å². The van der Waals surface area contributed by atoms with Crippen molar-refractivity contribution >= 4 is 37.4 Å². The predicted molar refractivity (Wildman–Crippen MR) is 109 cm³/mol. The van der Waals surface area contributed by atoms with Crippen LogP contribution in [-0.2, 0) is 0 Å². The molecule has 25 heavy (non-hydrogen) atoms. The van der Waals surface area contributed by atoms with E-state index in [9.17, 15) is 0 Å². The van der Waals surface area contributed by atoms with Gasteiger partial charge in [-0.3, -0.25) is 4.98 Å². The van der Waals surface area contributed by atoms with Crippen LogP contribution in [0.1, 0.15) is 40.9 Å². The molecule has 1 saturated carbocycles. The maximum absolute atomic E-state index is 8.61. The summed E-state index contributed by atoms with van der Waals surface area (Å²) in [5.74, 6) is -0.866. The molecule has 3 heteroatoms. The molecule has 2 aromatic heterocycles. The number of rotatable bonds is 4. The maximum atomic E-state index is 8.61.